The highest BCUT2D eigenvalue weighted by Crippen LogP contribution is 2.38. The summed E-state index contributed by atoms with van der Waals surface area (Å²) < 4.78 is 0. The van der Waals surface area contributed by atoms with Gasteiger partial charge in [-0.05, 0) is 56.8 Å². The number of rotatable bonds is 6. The van der Waals surface area contributed by atoms with Gasteiger partial charge in [0.05, 0.1) is 16.9 Å². The van der Waals surface area contributed by atoms with Crippen LogP contribution in [0.1, 0.15) is 0 Å². The Kier molecular flexibility index (Phi) is 7.49. The van der Waals surface area contributed by atoms with Crippen molar-refractivity contribution in [2.45, 2.75) is 0 Å². The molecule has 0 radical (unpaired) electrons. The van der Waals surface area contributed by atoms with E-state index in [1.54, 1.807) is 0 Å². The second-order valence-corrected chi connectivity index (χ2v) is 12.5. The van der Waals surface area contributed by atoms with Crippen molar-refractivity contribution >= 4 is 21.7 Å². The first-order chi connectivity index (χ1) is 24.8. The number of aromatic nitrogens is 3. The summed E-state index contributed by atoms with van der Waals surface area (Å²) in [6, 6.07) is 63.8. The largest absolute Gasteiger partial charge is 0.256 e. The molecule has 2 heterocycles. The first-order valence-electron chi connectivity index (χ1n) is 16.8. The second-order valence-electron chi connectivity index (χ2n) is 12.5. The summed E-state index contributed by atoms with van der Waals surface area (Å²) in [6.45, 7) is 0. The molecule has 9 rings (SSSR count). The SMILES string of the molecule is c1ccc(-c2cc(-c3ccc(-c4cccc5cccc(-c6ccc(-c7cnc8ccccc8c7)cc6)c45)cc3)nc(-c3ccccc3)n2)cc1. The zero-order chi connectivity index (χ0) is 33.3. The molecule has 9 aromatic rings. The van der Waals surface area contributed by atoms with Crippen LogP contribution in [-0.2, 0) is 0 Å². The van der Waals surface area contributed by atoms with E-state index >= 15 is 0 Å². The molecule has 0 saturated carbocycles. The van der Waals surface area contributed by atoms with Gasteiger partial charge >= 0.3 is 0 Å². The Hall–Kier alpha value is -6.71. The summed E-state index contributed by atoms with van der Waals surface area (Å²) in [4.78, 5) is 14.7. The van der Waals surface area contributed by atoms with Gasteiger partial charge in [-0.1, -0.05) is 164 Å². The molecule has 3 nitrogen and oxygen atoms in total. The van der Waals surface area contributed by atoms with Gasteiger partial charge in [0.2, 0.25) is 0 Å². The standard InChI is InChI=1S/C47H31N3/c1-3-11-35(12-4-1)44-30-45(50-47(49-44)38-13-5-2-6-14-38)36-27-25-34(26-28-36)42-19-10-17-37-16-9-18-41(46(37)42)33-23-21-32(22-24-33)40-29-39-15-7-8-20-43(39)48-31-40/h1-31H. The Morgan fingerprint density at radius 1 is 0.320 bits per heavy atom. The lowest BCUT2D eigenvalue weighted by molar-refractivity contribution is 1.18. The maximum absolute atomic E-state index is 5.03. The Balaban J connectivity index is 1.09. The maximum Gasteiger partial charge on any atom is 0.160 e. The number of nitrogens with zero attached hydrogens (tertiary/aromatic N) is 3. The van der Waals surface area contributed by atoms with Gasteiger partial charge in [-0.25, -0.2) is 9.97 Å². The van der Waals surface area contributed by atoms with Crippen molar-refractivity contribution in [3.63, 3.8) is 0 Å². The highest BCUT2D eigenvalue weighted by atomic mass is 14.9. The molecule has 0 aliphatic heterocycles. The van der Waals surface area contributed by atoms with Gasteiger partial charge < -0.3 is 0 Å². The lowest BCUT2D eigenvalue weighted by Crippen LogP contribution is -1.95. The second kappa shape index (κ2) is 12.7. The van der Waals surface area contributed by atoms with Crippen LogP contribution in [0, 0.1) is 0 Å². The van der Waals surface area contributed by atoms with E-state index in [-0.39, 0.29) is 0 Å². The Labute approximate surface area is 291 Å². The average Bonchev–Trinajstić information content (AvgIpc) is 3.21. The van der Waals surface area contributed by atoms with E-state index in [4.69, 9.17) is 9.97 Å². The molecular formula is C47H31N3. The summed E-state index contributed by atoms with van der Waals surface area (Å²) in [5.41, 5.74) is 12.9. The van der Waals surface area contributed by atoms with E-state index < -0.39 is 0 Å². The van der Waals surface area contributed by atoms with E-state index in [1.165, 1.54) is 27.5 Å². The number of benzene rings is 7. The summed E-state index contributed by atoms with van der Waals surface area (Å²) >= 11 is 0. The topological polar surface area (TPSA) is 38.7 Å². The number of para-hydroxylation sites is 1. The average molecular weight is 638 g/mol. The molecule has 2 aromatic heterocycles. The van der Waals surface area contributed by atoms with Crippen LogP contribution >= 0.6 is 0 Å². The van der Waals surface area contributed by atoms with Gasteiger partial charge in [0.15, 0.2) is 5.82 Å². The lowest BCUT2D eigenvalue weighted by Gasteiger charge is -2.14. The van der Waals surface area contributed by atoms with E-state index in [1.807, 2.05) is 54.7 Å². The fourth-order valence-corrected chi connectivity index (χ4v) is 6.78. The first-order valence-corrected chi connectivity index (χ1v) is 16.8. The van der Waals surface area contributed by atoms with Crippen molar-refractivity contribution in [1.82, 2.24) is 15.0 Å². The third-order valence-corrected chi connectivity index (χ3v) is 9.34. The molecule has 0 N–H and O–H groups in total. The number of hydrogen-bond acceptors (Lipinski definition) is 3. The fraction of sp³-hybridized carbons (Fsp3) is 0. The monoisotopic (exact) mass is 637 g/mol. The predicted molar refractivity (Wildman–Crippen MR) is 207 cm³/mol. The van der Waals surface area contributed by atoms with Crippen molar-refractivity contribution in [2.75, 3.05) is 0 Å². The Morgan fingerprint density at radius 3 is 1.46 bits per heavy atom. The molecule has 0 bridgehead atoms. The molecule has 50 heavy (non-hydrogen) atoms. The predicted octanol–water partition coefficient (Wildman–Crippen LogP) is 12.2. The van der Waals surface area contributed by atoms with Gasteiger partial charge in [0, 0.05) is 33.8 Å². The highest BCUT2D eigenvalue weighted by molar-refractivity contribution is 6.06. The smallest absolute Gasteiger partial charge is 0.160 e. The molecule has 0 unspecified atom stereocenters. The quantitative estimate of drug-likeness (QED) is 0.182. The molecule has 0 aliphatic rings. The van der Waals surface area contributed by atoms with Gasteiger partial charge in [0.25, 0.3) is 0 Å². The zero-order valence-electron chi connectivity index (χ0n) is 27.2. The first kappa shape index (κ1) is 29.4. The van der Waals surface area contributed by atoms with E-state index in [0.717, 1.165) is 55.7 Å². The van der Waals surface area contributed by atoms with E-state index in [2.05, 4.69) is 138 Å². The Bertz CT molecular complexity index is 2550. The van der Waals surface area contributed by atoms with Gasteiger partial charge in [0.1, 0.15) is 0 Å². The molecular weight excluding hydrogens is 607 g/mol. The maximum atomic E-state index is 5.03. The third kappa shape index (κ3) is 5.61. The molecule has 0 aliphatic carbocycles. The van der Waals surface area contributed by atoms with Crippen LogP contribution < -0.4 is 0 Å². The van der Waals surface area contributed by atoms with Crippen LogP contribution in [0.25, 0.3) is 89.0 Å². The summed E-state index contributed by atoms with van der Waals surface area (Å²) in [6.07, 6.45) is 1.96. The minimum Gasteiger partial charge on any atom is -0.256 e. The van der Waals surface area contributed by atoms with Crippen LogP contribution in [0.4, 0.5) is 0 Å². The molecule has 0 atom stereocenters. The Morgan fingerprint density at radius 2 is 0.820 bits per heavy atom. The minimum atomic E-state index is 0.715. The van der Waals surface area contributed by atoms with Crippen molar-refractivity contribution in [2.24, 2.45) is 0 Å². The van der Waals surface area contributed by atoms with Crippen LogP contribution in [-0.4, -0.2) is 15.0 Å². The molecule has 3 heteroatoms. The summed E-state index contributed by atoms with van der Waals surface area (Å²) in [5, 5.41) is 3.59. The normalized spacial score (nSPS) is 11.2. The zero-order valence-corrected chi connectivity index (χ0v) is 27.2. The molecule has 0 spiro atoms. The van der Waals surface area contributed by atoms with Crippen LogP contribution in [0.5, 0.6) is 0 Å². The molecule has 0 saturated heterocycles. The number of fused-ring (bicyclic) bond motifs is 2. The lowest BCUT2D eigenvalue weighted by atomic mass is 9.90. The third-order valence-electron chi connectivity index (χ3n) is 9.34. The minimum absolute atomic E-state index is 0.715. The van der Waals surface area contributed by atoms with Crippen molar-refractivity contribution in [3.8, 4) is 67.3 Å². The van der Waals surface area contributed by atoms with Gasteiger partial charge in [-0.3, -0.25) is 4.98 Å². The van der Waals surface area contributed by atoms with E-state index in [9.17, 15) is 0 Å². The van der Waals surface area contributed by atoms with Crippen molar-refractivity contribution < 1.29 is 0 Å². The van der Waals surface area contributed by atoms with Crippen molar-refractivity contribution in [1.29, 1.82) is 0 Å². The van der Waals surface area contributed by atoms with Gasteiger partial charge in [-0.15, -0.1) is 0 Å². The highest BCUT2D eigenvalue weighted by Gasteiger charge is 2.13. The van der Waals surface area contributed by atoms with Crippen LogP contribution in [0.2, 0.25) is 0 Å². The van der Waals surface area contributed by atoms with E-state index in [0.29, 0.717) is 5.82 Å². The summed E-state index contributed by atoms with van der Waals surface area (Å²) in [5.74, 6) is 0.715. The van der Waals surface area contributed by atoms with Crippen LogP contribution in [0.15, 0.2) is 188 Å². The molecule has 0 fully saturated rings. The summed E-state index contributed by atoms with van der Waals surface area (Å²) in [7, 11) is 0. The molecule has 234 valence electrons. The number of hydrogen-bond donors (Lipinski definition) is 0. The van der Waals surface area contributed by atoms with Gasteiger partial charge in [-0.2, -0.15) is 0 Å². The fourth-order valence-electron chi connectivity index (χ4n) is 6.78. The molecule has 0 amide bonds. The van der Waals surface area contributed by atoms with Crippen molar-refractivity contribution in [3.05, 3.63) is 188 Å². The van der Waals surface area contributed by atoms with Crippen LogP contribution in [0.3, 0.4) is 0 Å². The molecule has 7 aromatic carbocycles. The number of pyridine rings is 1.